The number of hydrogen-bond acceptors (Lipinski definition) is 4. The summed E-state index contributed by atoms with van der Waals surface area (Å²) in [5.41, 5.74) is 7.62. The van der Waals surface area contributed by atoms with Crippen LogP contribution >= 0.6 is 0 Å². The Kier molecular flexibility index (Phi) is 4.14. The van der Waals surface area contributed by atoms with Gasteiger partial charge in [0.15, 0.2) is 0 Å². The smallest absolute Gasteiger partial charge is 0.410 e. The molecule has 1 aliphatic heterocycles. The van der Waals surface area contributed by atoms with Crippen molar-refractivity contribution in [1.82, 2.24) is 9.88 Å². The van der Waals surface area contributed by atoms with Crippen LogP contribution in [0.4, 0.5) is 4.79 Å². The Hall–Kier alpha value is -2.11. The highest BCUT2D eigenvalue weighted by atomic mass is 16.6. The second kappa shape index (κ2) is 6.46. The zero-order valence-electron chi connectivity index (χ0n) is 16.5. The summed E-state index contributed by atoms with van der Waals surface area (Å²) in [4.78, 5) is 31.3. The van der Waals surface area contributed by atoms with Gasteiger partial charge in [-0.05, 0) is 74.8 Å². The van der Waals surface area contributed by atoms with Gasteiger partial charge in [-0.3, -0.25) is 9.78 Å². The minimum absolute atomic E-state index is 0.0481. The molecule has 0 aromatic carbocycles. The molecule has 150 valence electrons. The van der Waals surface area contributed by atoms with E-state index in [1.165, 1.54) is 0 Å². The lowest BCUT2D eigenvalue weighted by atomic mass is 9.48. The molecule has 1 aromatic heterocycles. The molecule has 0 radical (unpaired) electrons. The minimum Gasteiger partial charge on any atom is -0.446 e. The molecule has 4 aliphatic carbocycles. The first-order valence-corrected chi connectivity index (χ1v) is 10.6. The number of carbonyl (C=O) groups excluding carboxylic acids is 2. The van der Waals surface area contributed by atoms with Gasteiger partial charge in [0.1, 0.15) is 6.10 Å². The predicted octanol–water partition coefficient (Wildman–Crippen LogP) is 3.00. The van der Waals surface area contributed by atoms with Crippen molar-refractivity contribution in [3.05, 3.63) is 29.6 Å². The summed E-state index contributed by atoms with van der Waals surface area (Å²) < 4.78 is 6.05. The van der Waals surface area contributed by atoms with Crippen molar-refractivity contribution >= 4 is 12.0 Å². The standard InChI is InChI=1S/C22H29N3O3/c1-13-2-3-18(24-11-13)15-4-5-25(12-15)21(27)28-19-16-6-14-7-17(19)10-22(8-14,9-16)20(23)26/h2-3,11,14-17,19H,4-10,12H2,1H3,(H2,23,26)/t14?,15?,16-,17+,19?,22?. The number of carbonyl (C=O) groups is 2. The number of aryl methyl sites for hydroxylation is 1. The Bertz CT molecular complexity index is 777. The quantitative estimate of drug-likeness (QED) is 0.869. The van der Waals surface area contributed by atoms with Crippen LogP contribution in [0.5, 0.6) is 0 Å². The third kappa shape index (κ3) is 2.88. The van der Waals surface area contributed by atoms with E-state index in [0.29, 0.717) is 24.3 Å². The summed E-state index contributed by atoms with van der Waals surface area (Å²) in [5.74, 6) is 1.29. The van der Waals surface area contributed by atoms with Crippen LogP contribution in [0, 0.1) is 30.1 Å². The molecular weight excluding hydrogens is 354 g/mol. The lowest BCUT2D eigenvalue weighted by Crippen LogP contribution is -2.59. The number of nitrogens with two attached hydrogens (primary N) is 1. The Morgan fingerprint density at radius 3 is 2.61 bits per heavy atom. The van der Waals surface area contributed by atoms with E-state index < -0.39 is 0 Å². The molecule has 4 saturated carbocycles. The summed E-state index contributed by atoms with van der Waals surface area (Å²) in [5, 5.41) is 0. The second-order valence-electron chi connectivity index (χ2n) is 9.65. The first kappa shape index (κ1) is 18.0. The third-order valence-electron chi connectivity index (χ3n) is 7.75. The molecule has 6 nitrogen and oxygen atoms in total. The Morgan fingerprint density at radius 1 is 1.21 bits per heavy atom. The lowest BCUT2D eigenvalue weighted by molar-refractivity contribution is -0.161. The van der Waals surface area contributed by atoms with Crippen LogP contribution in [0.3, 0.4) is 0 Å². The van der Waals surface area contributed by atoms with Crippen LogP contribution in [0.1, 0.15) is 55.7 Å². The molecule has 2 amide bonds. The van der Waals surface area contributed by atoms with Crippen LogP contribution in [0.25, 0.3) is 0 Å². The topological polar surface area (TPSA) is 85.5 Å². The predicted molar refractivity (Wildman–Crippen MR) is 103 cm³/mol. The number of pyridine rings is 1. The van der Waals surface area contributed by atoms with Gasteiger partial charge >= 0.3 is 6.09 Å². The fourth-order valence-electron chi connectivity index (χ4n) is 6.55. The van der Waals surface area contributed by atoms with Crippen LogP contribution < -0.4 is 5.73 Å². The Morgan fingerprint density at radius 2 is 1.96 bits per heavy atom. The largest absolute Gasteiger partial charge is 0.446 e. The van der Waals surface area contributed by atoms with Crippen LogP contribution in [0.15, 0.2) is 18.3 Å². The highest BCUT2D eigenvalue weighted by molar-refractivity contribution is 5.81. The van der Waals surface area contributed by atoms with Crippen LogP contribution in [-0.2, 0) is 9.53 Å². The molecule has 4 bridgehead atoms. The van der Waals surface area contributed by atoms with Crippen molar-refractivity contribution in [3.63, 3.8) is 0 Å². The second-order valence-corrected chi connectivity index (χ2v) is 9.65. The molecule has 4 unspecified atom stereocenters. The van der Waals surface area contributed by atoms with Gasteiger partial charge in [-0.15, -0.1) is 0 Å². The van der Waals surface area contributed by atoms with Gasteiger partial charge in [0.05, 0.1) is 5.41 Å². The fraction of sp³-hybridized carbons (Fsp3) is 0.682. The first-order chi connectivity index (χ1) is 13.4. The molecule has 1 saturated heterocycles. The van der Waals surface area contributed by atoms with Gasteiger partial charge in [0.25, 0.3) is 0 Å². The summed E-state index contributed by atoms with van der Waals surface area (Å²) in [7, 11) is 0. The first-order valence-electron chi connectivity index (χ1n) is 10.6. The molecule has 28 heavy (non-hydrogen) atoms. The molecule has 2 heterocycles. The number of amides is 2. The molecule has 5 fully saturated rings. The maximum absolute atomic E-state index is 12.9. The number of primary amides is 1. The summed E-state index contributed by atoms with van der Waals surface area (Å²) in [6, 6.07) is 4.14. The fourth-order valence-corrected chi connectivity index (χ4v) is 6.55. The summed E-state index contributed by atoms with van der Waals surface area (Å²) in [6.07, 6.45) is 7.24. The van der Waals surface area contributed by atoms with Crippen LogP contribution in [0.2, 0.25) is 0 Å². The van der Waals surface area contributed by atoms with E-state index in [-0.39, 0.29) is 29.4 Å². The number of nitrogens with zero attached hydrogens (tertiary/aromatic N) is 2. The van der Waals surface area contributed by atoms with Gasteiger partial charge < -0.3 is 15.4 Å². The average molecular weight is 383 g/mol. The number of aromatic nitrogens is 1. The highest BCUT2D eigenvalue weighted by Gasteiger charge is 2.59. The molecule has 0 spiro atoms. The molecular formula is C22H29N3O3. The molecule has 6 rings (SSSR count). The number of ether oxygens (including phenoxy) is 1. The average Bonchev–Trinajstić information content (AvgIpc) is 3.15. The van der Waals surface area contributed by atoms with Gasteiger partial charge in [0, 0.05) is 30.9 Å². The van der Waals surface area contributed by atoms with Crippen molar-refractivity contribution in [3.8, 4) is 0 Å². The summed E-state index contributed by atoms with van der Waals surface area (Å²) in [6.45, 7) is 3.42. The molecule has 6 heteroatoms. The summed E-state index contributed by atoms with van der Waals surface area (Å²) >= 11 is 0. The van der Waals surface area contributed by atoms with Crippen molar-refractivity contribution in [2.24, 2.45) is 28.9 Å². The number of rotatable bonds is 3. The van der Waals surface area contributed by atoms with Gasteiger partial charge in [-0.25, -0.2) is 4.79 Å². The normalized spacial score (nSPS) is 38.6. The third-order valence-corrected chi connectivity index (χ3v) is 7.75. The number of hydrogen-bond donors (Lipinski definition) is 1. The molecule has 1 aromatic rings. The van der Waals surface area contributed by atoms with E-state index in [1.54, 1.807) is 0 Å². The van der Waals surface area contributed by atoms with Crippen molar-refractivity contribution in [2.75, 3.05) is 13.1 Å². The SMILES string of the molecule is Cc1ccc(C2CCN(C(=O)OC3[C@@H]4CC5C[C@H]3CC(C(N)=O)(C5)C4)C2)nc1. The van der Waals surface area contributed by atoms with Crippen molar-refractivity contribution in [1.29, 1.82) is 0 Å². The van der Waals surface area contributed by atoms with Crippen molar-refractivity contribution in [2.45, 2.75) is 57.5 Å². The monoisotopic (exact) mass is 383 g/mol. The Balaban J connectivity index is 1.23. The van der Waals surface area contributed by atoms with Crippen molar-refractivity contribution < 1.29 is 14.3 Å². The highest BCUT2D eigenvalue weighted by Crippen LogP contribution is 2.60. The maximum atomic E-state index is 12.9. The maximum Gasteiger partial charge on any atom is 0.410 e. The van der Waals surface area contributed by atoms with E-state index in [2.05, 4.69) is 17.1 Å². The van der Waals surface area contributed by atoms with E-state index in [1.807, 2.05) is 18.0 Å². The Labute approximate surface area is 165 Å². The van der Waals surface area contributed by atoms with Gasteiger partial charge in [-0.1, -0.05) is 6.07 Å². The molecule has 6 atom stereocenters. The van der Waals surface area contributed by atoms with E-state index in [4.69, 9.17) is 10.5 Å². The zero-order chi connectivity index (χ0) is 19.5. The zero-order valence-corrected chi connectivity index (χ0v) is 16.5. The van der Waals surface area contributed by atoms with E-state index in [9.17, 15) is 9.59 Å². The number of likely N-dealkylation sites (tertiary alicyclic amines) is 1. The minimum atomic E-state index is -0.338. The molecule has 2 N–H and O–H groups in total. The van der Waals surface area contributed by atoms with E-state index >= 15 is 0 Å². The van der Waals surface area contributed by atoms with Gasteiger partial charge in [0.2, 0.25) is 5.91 Å². The molecule has 5 aliphatic rings. The van der Waals surface area contributed by atoms with Gasteiger partial charge in [-0.2, -0.15) is 0 Å². The van der Waals surface area contributed by atoms with E-state index in [0.717, 1.165) is 56.3 Å². The van der Waals surface area contributed by atoms with Crippen LogP contribution in [-0.4, -0.2) is 41.1 Å². The lowest BCUT2D eigenvalue weighted by Gasteiger charge is -2.58.